The molecular weight excluding hydrogens is 356 g/mol. The van der Waals surface area contributed by atoms with E-state index >= 15 is 0 Å². The van der Waals surface area contributed by atoms with Crippen molar-refractivity contribution in [1.82, 2.24) is 19.8 Å². The number of likely N-dealkylation sites (tertiary alicyclic amines) is 1. The van der Waals surface area contributed by atoms with E-state index in [2.05, 4.69) is 14.9 Å². The number of H-pyrrole nitrogens is 1. The van der Waals surface area contributed by atoms with Crippen molar-refractivity contribution in [3.8, 4) is 5.75 Å². The molecule has 2 N–H and O–H groups in total. The Labute approximate surface area is 152 Å². The van der Waals surface area contributed by atoms with Crippen molar-refractivity contribution in [2.75, 3.05) is 19.3 Å². The minimum Gasteiger partial charge on any atom is -0.487 e. The molecule has 140 valence electrons. The smallest absolute Gasteiger partial charge is 0.274 e. The quantitative estimate of drug-likeness (QED) is 0.784. The zero-order chi connectivity index (χ0) is 18.6. The number of carbonyl (C=O) groups excluding carboxylic acids is 1. The summed E-state index contributed by atoms with van der Waals surface area (Å²) >= 11 is 0. The van der Waals surface area contributed by atoms with Gasteiger partial charge in [0.1, 0.15) is 12.4 Å². The predicted molar refractivity (Wildman–Crippen MR) is 96.3 cm³/mol. The molecule has 0 aliphatic carbocycles. The molecule has 1 aromatic carbocycles. The molecule has 1 fully saturated rings. The Hall–Kier alpha value is -2.39. The average molecular weight is 378 g/mol. The first-order valence-electron chi connectivity index (χ1n) is 8.39. The number of rotatable bonds is 6. The third kappa shape index (κ3) is 5.06. The summed E-state index contributed by atoms with van der Waals surface area (Å²) in [5.74, 6) is 0.584. The molecule has 0 saturated carbocycles. The van der Waals surface area contributed by atoms with E-state index in [1.54, 1.807) is 11.0 Å². The van der Waals surface area contributed by atoms with Gasteiger partial charge in [0.15, 0.2) is 5.69 Å². The van der Waals surface area contributed by atoms with Gasteiger partial charge in [0.25, 0.3) is 5.91 Å². The lowest BCUT2D eigenvalue weighted by atomic mass is 10.1. The molecule has 2 aromatic rings. The molecular formula is C17H22N4O4S. The normalized spacial score (nSPS) is 15.8. The number of ether oxygens (including phenoxy) is 1. The fourth-order valence-corrected chi connectivity index (χ4v) is 3.73. The van der Waals surface area contributed by atoms with Crippen LogP contribution >= 0.6 is 0 Å². The van der Waals surface area contributed by atoms with E-state index in [9.17, 15) is 13.2 Å². The summed E-state index contributed by atoms with van der Waals surface area (Å²) in [5.41, 5.74) is 1.05. The van der Waals surface area contributed by atoms with Gasteiger partial charge in [0.05, 0.1) is 11.9 Å². The van der Waals surface area contributed by atoms with Gasteiger partial charge in [-0.3, -0.25) is 9.89 Å². The van der Waals surface area contributed by atoms with Crippen molar-refractivity contribution in [2.45, 2.75) is 25.5 Å². The molecule has 2 heterocycles. The highest BCUT2D eigenvalue weighted by Crippen LogP contribution is 2.15. The Morgan fingerprint density at radius 1 is 1.31 bits per heavy atom. The van der Waals surface area contributed by atoms with E-state index < -0.39 is 10.0 Å². The van der Waals surface area contributed by atoms with Crippen molar-refractivity contribution in [3.05, 3.63) is 47.8 Å². The standard InChI is InChI=1S/C17H22N4O4S/c1-26(23,24)20-13-7-9-21(10-8-13)17(22)16-11-14(18-19-16)12-25-15-5-3-2-4-6-15/h2-6,11,13,20H,7-10,12H2,1H3,(H,18,19). The lowest BCUT2D eigenvalue weighted by Crippen LogP contribution is -2.46. The third-order valence-electron chi connectivity index (χ3n) is 4.15. The zero-order valence-electron chi connectivity index (χ0n) is 14.5. The number of para-hydroxylation sites is 1. The average Bonchev–Trinajstić information content (AvgIpc) is 3.08. The molecule has 26 heavy (non-hydrogen) atoms. The molecule has 3 rings (SSSR count). The van der Waals surface area contributed by atoms with Crippen molar-refractivity contribution in [2.24, 2.45) is 0 Å². The molecule has 1 saturated heterocycles. The first kappa shape index (κ1) is 18.4. The van der Waals surface area contributed by atoms with Crippen LogP contribution in [0.15, 0.2) is 36.4 Å². The Morgan fingerprint density at radius 3 is 2.65 bits per heavy atom. The fourth-order valence-electron chi connectivity index (χ4n) is 2.89. The summed E-state index contributed by atoms with van der Waals surface area (Å²) in [6, 6.07) is 11.0. The van der Waals surface area contributed by atoms with Crippen molar-refractivity contribution in [1.29, 1.82) is 0 Å². The minimum atomic E-state index is -3.22. The third-order valence-corrected chi connectivity index (χ3v) is 4.91. The highest BCUT2D eigenvalue weighted by Gasteiger charge is 2.26. The second-order valence-electron chi connectivity index (χ2n) is 6.34. The van der Waals surface area contributed by atoms with Gasteiger partial charge in [-0.05, 0) is 31.0 Å². The van der Waals surface area contributed by atoms with Crippen LogP contribution < -0.4 is 9.46 Å². The van der Waals surface area contributed by atoms with Gasteiger partial charge in [0, 0.05) is 19.1 Å². The summed E-state index contributed by atoms with van der Waals surface area (Å²) in [6.07, 6.45) is 2.33. The number of aromatic amines is 1. The summed E-state index contributed by atoms with van der Waals surface area (Å²) < 4.78 is 30.8. The Bertz CT molecular complexity index is 843. The fraction of sp³-hybridized carbons (Fsp3) is 0.412. The SMILES string of the molecule is CS(=O)(=O)NC1CCN(C(=O)c2cc(COc3ccccc3)[nH]n2)CC1. The molecule has 1 aromatic heterocycles. The molecule has 9 heteroatoms. The number of nitrogens with one attached hydrogen (secondary N) is 2. The molecule has 8 nitrogen and oxygen atoms in total. The maximum atomic E-state index is 12.5. The Kier molecular flexibility index (Phi) is 5.58. The topological polar surface area (TPSA) is 104 Å². The molecule has 1 aliphatic heterocycles. The van der Waals surface area contributed by atoms with Crippen LogP contribution in [0.2, 0.25) is 0 Å². The van der Waals surface area contributed by atoms with Crippen LogP contribution in [0.1, 0.15) is 29.0 Å². The van der Waals surface area contributed by atoms with Crippen LogP contribution in [-0.2, 0) is 16.6 Å². The number of carbonyl (C=O) groups is 1. The van der Waals surface area contributed by atoms with E-state index in [1.807, 2.05) is 30.3 Å². The van der Waals surface area contributed by atoms with Gasteiger partial charge in [0.2, 0.25) is 10.0 Å². The Morgan fingerprint density at radius 2 is 2.00 bits per heavy atom. The molecule has 0 radical (unpaired) electrons. The van der Waals surface area contributed by atoms with Gasteiger partial charge in [-0.25, -0.2) is 13.1 Å². The zero-order valence-corrected chi connectivity index (χ0v) is 15.3. The number of nitrogens with zero attached hydrogens (tertiary/aromatic N) is 2. The second kappa shape index (κ2) is 7.88. The van der Waals surface area contributed by atoms with Crippen molar-refractivity contribution < 1.29 is 17.9 Å². The maximum absolute atomic E-state index is 12.5. The van der Waals surface area contributed by atoms with Crippen LogP contribution in [0, 0.1) is 0 Å². The van der Waals surface area contributed by atoms with Gasteiger partial charge in [-0.2, -0.15) is 5.10 Å². The Balaban J connectivity index is 1.52. The van der Waals surface area contributed by atoms with E-state index in [1.165, 1.54) is 0 Å². The molecule has 0 bridgehead atoms. The molecule has 0 spiro atoms. The summed E-state index contributed by atoms with van der Waals surface area (Å²) in [7, 11) is -3.22. The molecule has 0 atom stereocenters. The highest BCUT2D eigenvalue weighted by atomic mass is 32.2. The van der Waals surface area contributed by atoms with Crippen LogP contribution in [0.5, 0.6) is 5.75 Å². The van der Waals surface area contributed by atoms with E-state index in [0.717, 1.165) is 12.0 Å². The van der Waals surface area contributed by atoms with Crippen LogP contribution in [0.3, 0.4) is 0 Å². The van der Waals surface area contributed by atoms with Crippen molar-refractivity contribution >= 4 is 15.9 Å². The number of piperidine rings is 1. The number of benzene rings is 1. The number of hydrogen-bond donors (Lipinski definition) is 2. The lowest BCUT2D eigenvalue weighted by Gasteiger charge is -2.31. The monoisotopic (exact) mass is 378 g/mol. The van der Waals surface area contributed by atoms with Gasteiger partial charge >= 0.3 is 0 Å². The van der Waals surface area contributed by atoms with Gasteiger partial charge in [-0.1, -0.05) is 18.2 Å². The largest absolute Gasteiger partial charge is 0.487 e. The number of sulfonamides is 1. The van der Waals surface area contributed by atoms with Crippen molar-refractivity contribution in [3.63, 3.8) is 0 Å². The molecule has 0 unspecified atom stereocenters. The number of aromatic nitrogens is 2. The van der Waals surface area contributed by atoms with Crippen LogP contribution in [-0.4, -0.2) is 54.8 Å². The first-order chi connectivity index (χ1) is 12.4. The van der Waals surface area contributed by atoms with Crippen LogP contribution in [0.25, 0.3) is 0 Å². The van der Waals surface area contributed by atoms with Crippen LogP contribution in [0.4, 0.5) is 0 Å². The summed E-state index contributed by atoms with van der Waals surface area (Å²) in [6.45, 7) is 1.29. The lowest BCUT2D eigenvalue weighted by molar-refractivity contribution is 0.0705. The second-order valence-corrected chi connectivity index (χ2v) is 8.12. The van der Waals surface area contributed by atoms with E-state index in [0.29, 0.717) is 43.9 Å². The molecule has 1 amide bonds. The van der Waals surface area contributed by atoms with Gasteiger partial charge in [-0.15, -0.1) is 0 Å². The minimum absolute atomic E-state index is 0.122. The first-order valence-corrected chi connectivity index (χ1v) is 10.3. The van der Waals surface area contributed by atoms with E-state index in [-0.39, 0.29) is 11.9 Å². The van der Waals surface area contributed by atoms with E-state index in [4.69, 9.17) is 4.74 Å². The van der Waals surface area contributed by atoms with Gasteiger partial charge < -0.3 is 9.64 Å². The maximum Gasteiger partial charge on any atom is 0.274 e. The predicted octanol–water partition coefficient (Wildman–Crippen LogP) is 1.14. The number of hydrogen-bond acceptors (Lipinski definition) is 5. The number of amides is 1. The molecule has 1 aliphatic rings. The summed E-state index contributed by atoms with van der Waals surface area (Å²) in [5, 5.41) is 6.90. The summed E-state index contributed by atoms with van der Waals surface area (Å²) in [4.78, 5) is 14.2. The highest BCUT2D eigenvalue weighted by molar-refractivity contribution is 7.88.